The molecule has 1 saturated heterocycles. The Morgan fingerprint density at radius 3 is 2.58 bits per heavy atom. The van der Waals surface area contributed by atoms with Crippen molar-refractivity contribution in [1.82, 2.24) is 9.97 Å². The normalized spacial score (nSPS) is 19.1. The molecule has 33 heavy (non-hydrogen) atoms. The number of carbonyl (C=O) groups is 1. The summed E-state index contributed by atoms with van der Waals surface area (Å²) < 4.78 is 90.9. The van der Waals surface area contributed by atoms with Gasteiger partial charge in [0.15, 0.2) is 5.03 Å². The van der Waals surface area contributed by atoms with Gasteiger partial charge in [0.1, 0.15) is 5.82 Å². The van der Waals surface area contributed by atoms with Gasteiger partial charge in [0.2, 0.25) is 0 Å². The number of nitrogens with zero attached hydrogens (tertiary/aromatic N) is 3. The van der Waals surface area contributed by atoms with Crippen LogP contribution in [0.2, 0.25) is 0 Å². The summed E-state index contributed by atoms with van der Waals surface area (Å²) in [5.74, 6) is -5.16. The predicted octanol–water partition coefficient (Wildman–Crippen LogP) is 3.27. The van der Waals surface area contributed by atoms with Gasteiger partial charge in [-0.15, -0.1) is 0 Å². The van der Waals surface area contributed by atoms with Crippen molar-refractivity contribution in [2.45, 2.75) is 36.9 Å². The van der Waals surface area contributed by atoms with E-state index in [1.807, 2.05) is 0 Å². The molecule has 1 unspecified atom stereocenters. The minimum absolute atomic E-state index is 0.0405. The van der Waals surface area contributed by atoms with Crippen molar-refractivity contribution in [3.8, 4) is 0 Å². The zero-order chi connectivity index (χ0) is 24.6. The number of carbonyl (C=O) groups excluding carboxylic acids is 1. The Morgan fingerprint density at radius 2 is 1.94 bits per heavy atom. The van der Waals surface area contributed by atoms with Gasteiger partial charge in [-0.2, -0.15) is 13.2 Å². The first-order valence-corrected chi connectivity index (χ1v) is 11.2. The maximum Gasteiger partial charge on any atom is 0.417 e. The van der Waals surface area contributed by atoms with Crippen LogP contribution in [-0.2, 0) is 16.2 Å². The molecule has 3 heterocycles. The van der Waals surface area contributed by atoms with E-state index in [2.05, 4.69) is 15.3 Å². The standard InChI is InChI=1S/C19H20F5N5O3S/c1-11-3-6-29(7-4-18(11,20)21)16-14(8-12(10-27-16)19(22,23)24)17(30)28-13-2-5-26-15(9-13)33(25,31)32/h2,5,8-11H,3-4,6-7H2,1H3,(H2,25,31,32)(H,26,28,30). The summed E-state index contributed by atoms with van der Waals surface area (Å²) in [6.45, 7) is 1.21. The number of nitrogens with two attached hydrogens (primary N) is 1. The SMILES string of the molecule is CC1CCN(c2ncc(C(F)(F)F)cc2C(=O)Nc2ccnc(S(N)(=O)=O)c2)CCC1(F)F. The van der Waals surface area contributed by atoms with Crippen LogP contribution in [0.25, 0.3) is 0 Å². The lowest BCUT2D eigenvalue weighted by Crippen LogP contribution is -2.30. The molecule has 1 aliphatic heterocycles. The lowest BCUT2D eigenvalue weighted by molar-refractivity contribution is -0.137. The van der Waals surface area contributed by atoms with E-state index in [0.29, 0.717) is 12.3 Å². The van der Waals surface area contributed by atoms with Gasteiger partial charge in [-0.1, -0.05) is 6.92 Å². The Labute approximate surface area is 186 Å². The lowest BCUT2D eigenvalue weighted by Gasteiger charge is -2.24. The summed E-state index contributed by atoms with van der Waals surface area (Å²) in [6.07, 6.45) is -3.75. The molecule has 3 N–H and O–H groups in total. The third-order valence-electron chi connectivity index (χ3n) is 5.29. The minimum Gasteiger partial charge on any atom is -0.356 e. The third-order valence-corrected chi connectivity index (χ3v) is 6.10. The van der Waals surface area contributed by atoms with Crippen LogP contribution in [0.5, 0.6) is 0 Å². The molecule has 1 fully saturated rings. The molecule has 0 aromatic carbocycles. The molecule has 0 aliphatic carbocycles. The van der Waals surface area contributed by atoms with Gasteiger partial charge in [0.05, 0.1) is 11.1 Å². The van der Waals surface area contributed by atoms with E-state index in [-0.39, 0.29) is 31.0 Å². The summed E-state index contributed by atoms with van der Waals surface area (Å²) >= 11 is 0. The fourth-order valence-electron chi connectivity index (χ4n) is 3.29. The van der Waals surface area contributed by atoms with Crippen molar-refractivity contribution in [2.75, 3.05) is 23.3 Å². The molecule has 14 heteroatoms. The Kier molecular flexibility index (Phi) is 6.62. The van der Waals surface area contributed by atoms with E-state index in [9.17, 15) is 35.2 Å². The summed E-state index contributed by atoms with van der Waals surface area (Å²) in [6, 6.07) is 2.72. The predicted molar refractivity (Wildman–Crippen MR) is 108 cm³/mol. The smallest absolute Gasteiger partial charge is 0.356 e. The van der Waals surface area contributed by atoms with Crippen LogP contribution in [0.15, 0.2) is 35.6 Å². The van der Waals surface area contributed by atoms with Crippen LogP contribution >= 0.6 is 0 Å². The Balaban J connectivity index is 1.99. The highest BCUT2D eigenvalue weighted by Crippen LogP contribution is 2.36. The van der Waals surface area contributed by atoms with Crippen LogP contribution < -0.4 is 15.4 Å². The molecular weight excluding hydrogens is 473 g/mol. The summed E-state index contributed by atoms with van der Waals surface area (Å²) in [4.78, 5) is 21.6. The highest BCUT2D eigenvalue weighted by Gasteiger charge is 2.40. The van der Waals surface area contributed by atoms with E-state index >= 15 is 0 Å². The van der Waals surface area contributed by atoms with Crippen LogP contribution in [0.1, 0.15) is 35.7 Å². The number of rotatable bonds is 4. The fourth-order valence-corrected chi connectivity index (χ4v) is 3.79. The number of aromatic nitrogens is 2. The molecule has 2 aromatic rings. The molecule has 0 spiro atoms. The van der Waals surface area contributed by atoms with Crippen molar-refractivity contribution in [1.29, 1.82) is 0 Å². The largest absolute Gasteiger partial charge is 0.417 e. The Hall–Kier alpha value is -2.87. The molecule has 2 aromatic heterocycles. The van der Waals surface area contributed by atoms with Crippen LogP contribution in [0.3, 0.4) is 0 Å². The van der Waals surface area contributed by atoms with Crippen molar-refractivity contribution in [3.05, 3.63) is 41.7 Å². The zero-order valence-corrected chi connectivity index (χ0v) is 18.1. The number of pyridine rings is 2. The van der Waals surface area contributed by atoms with E-state index in [1.165, 1.54) is 17.9 Å². The summed E-state index contributed by atoms with van der Waals surface area (Å²) in [5, 5.41) is 6.72. The maximum absolute atomic E-state index is 14.1. The fraction of sp³-hybridized carbons (Fsp3) is 0.421. The van der Waals surface area contributed by atoms with Crippen molar-refractivity contribution in [2.24, 2.45) is 11.1 Å². The number of halogens is 5. The maximum atomic E-state index is 14.1. The van der Waals surface area contributed by atoms with Crippen LogP contribution in [0, 0.1) is 5.92 Å². The van der Waals surface area contributed by atoms with E-state index in [0.717, 1.165) is 12.3 Å². The molecule has 3 rings (SSSR count). The number of primary sulfonamides is 1. The number of alkyl halides is 5. The van der Waals surface area contributed by atoms with Crippen LogP contribution in [-0.4, -0.2) is 43.3 Å². The van der Waals surface area contributed by atoms with Gasteiger partial charge >= 0.3 is 6.18 Å². The second-order valence-electron chi connectivity index (χ2n) is 7.66. The van der Waals surface area contributed by atoms with Crippen molar-refractivity contribution >= 4 is 27.4 Å². The highest BCUT2D eigenvalue weighted by atomic mass is 32.2. The van der Waals surface area contributed by atoms with Gasteiger partial charge < -0.3 is 10.2 Å². The molecule has 1 amide bonds. The average Bonchev–Trinajstić information content (AvgIpc) is 2.84. The molecule has 0 radical (unpaired) electrons. The molecule has 1 aliphatic rings. The van der Waals surface area contributed by atoms with E-state index in [4.69, 9.17) is 5.14 Å². The van der Waals surface area contributed by atoms with Gasteiger partial charge in [-0.25, -0.2) is 32.3 Å². The molecular formula is C19H20F5N5O3S. The van der Waals surface area contributed by atoms with Crippen LogP contribution in [0.4, 0.5) is 33.5 Å². The Bertz CT molecular complexity index is 1160. The van der Waals surface area contributed by atoms with Gasteiger partial charge in [0, 0.05) is 49.6 Å². The van der Waals surface area contributed by atoms with Gasteiger partial charge in [0.25, 0.3) is 21.9 Å². The topological polar surface area (TPSA) is 118 Å². The first-order chi connectivity index (χ1) is 15.2. The molecule has 1 atom stereocenters. The number of sulfonamides is 1. The molecule has 0 saturated carbocycles. The molecule has 8 nitrogen and oxygen atoms in total. The monoisotopic (exact) mass is 493 g/mol. The average molecular weight is 493 g/mol. The summed E-state index contributed by atoms with van der Waals surface area (Å²) in [5.41, 5.74) is -1.81. The van der Waals surface area contributed by atoms with Crippen molar-refractivity contribution < 1.29 is 35.2 Å². The van der Waals surface area contributed by atoms with Crippen molar-refractivity contribution in [3.63, 3.8) is 0 Å². The van der Waals surface area contributed by atoms with Gasteiger partial charge in [-0.3, -0.25) is 4.79 Å². The first-order valence-electron chi connectivity index (χ1n) is 9.69. The second kappa shape index (κ2) is 8.82. The molecule has 0 bridgehead atoms. The Morgan fingerprint density at radius 1 is 1.24 bits per heavy atom. The molecule has 180 valence electrons. The number of nitrogens with one attached hydrogen (secondary N) is 1. The summed E-state index contributed by atoms with van der Waals surface area (Å²) in [7, 11) is -4.20. The van der Waals surface area contributed by atoms with E-state index in [1.54, 1.807) is 0 Å². The number of anilines is 2. The second-order valence-corrected chi connectivity index (χ2v) is 9.17. The number of hydrogen-bond acceptors (Lipinski definition) is 6. The first kappa shape index (κ1) is 24.8. The highest BCUT2D eigenvalue weighted by molar-refractivity contribution is 7.89. The third kappa shape index (κ3) is 5.74. The van der Waals surface area contributed by atoms with Gasteiger partial charge in [-0.05, 0) is 18.6 Å². The lowest BCUT2D eigenvalue weighted by atomic mass is 9.99. The zero-order valence-electron chi connectivity index (χ0n) is 17.2. The number of amides is 1. The minimum atomic E-state index is -4.81. The number of hydrogen-bond donors (Lipinski definition) is 2. The quantitative estimate of drug-likeness (QED) is 0.632. The van der Waals surface area contributed by atoms with E-state index < -0.39 is 56.5 Å².